The average Bonchev–Trinajstić information content (AvgIpc) is 3.60. The van der Waals surface area contributed by atoms with Crippen molar-refractivity contribution in [2.45, 2.75) is 78.0 Å². The number of carbonyl (C=O) groups excluding carboxylic acids is 4. The summed E-state index contributed by atoms with van der Waals surface area (Å²) in [5, 5.41) is 25.5. The van der Waals surface area contributed by atoms with Crippen molar-refractivity contribution in [1.29, 1.82) is 0 Å². The van der Waals surface area contributed by atoms with Crippen molar-refractivity contribution < 1.29 is 38.5 Å². The standard InChI is InChI=1S/C40H50N6O8/c1-24-18-30-35(42-22-29-23-46(45-44-29)17-11-15-28-13-8-7-9-14-28)32(47)21-31(37(30)49)43-39(50)25(2)12-10-16-33(52-5)38(54-40(41)51)27(4)20-26(3)36(48)34(19-24)53-6/h7-16,20-21,23-24,26,33-34,36,38,42,48H,17-19,22H2,1-6H3,(H2,41,51)(H,43,50)/b15-11+,16-10-,25-12+,27-20+/t24-,26+,33+,34+,36-,38+/m1/s1. The van der Waals surface area contributed by atoms with Gasteiger partial charge < -0.3 is 35.7 Å². The van der Waals surface area contributed by atoms with Crippen molar-refractivity contribution in [2.24, 2.45) is 17.6 Å². The minimum absolute atomic E-state index is 0.0944. The number of aromatic nitrogens is 3. The minimum Gasteiger partial charge on any atom is -0.439 e. The number of ether oxygens (including phenoxy) is 3. The van der Waals surface area contributed by atoms with Gasteiger partial charge in [0.15, 0.2) is 6.10 Å². The zero-order chi connectivity index (χ0) is 39.4. The summed E-state index contributed by atoms with van der Waals surface area (Å²) in [7, 11) is 2.92. The summed E-state index contributed by atoms with van der Waals surface area (Å²) in [6.45, 7) is 7.57. The molecule has 4 rings (SSSR count). The number of rotatable bonds is 9. The van der Waals surface area contributed by atoms with Crippen LogP contribution < -0.4 is 16.4 Å². The fourth-order valence-corrected chi connectivity index (χ4v) is 6.33. The highest BCUT2D eigenvalue weighted by Gasteiger charge is 2.33. The number of amides is 2. The SMILES string of the molecule is CO[C@H]1/C=C\C=C(/C)C(=O)NC2=CC(=O)C(NCc3cn(C/C=C/c4ccccc4)nn3)=C(C[C@@H](C)C[C@H](OC)[C@H](O)[C@@H](C)/C=C(\C)[C@@H]1OC(N)=O)C2=O. The monoisotopic (exact) mass is 742 g/mol. The molecular weight excluding hydrogens is 692 g/mol. The summed E-state index contributed by atoms with van der Waals surface area (Å²) in [4.78, 5) is 52.7. The molecule has 1 aromatic heterocycles. The van der Waals surface area contributed by atoms with Crippen LogP contribution in [0.15, 0.2) is 101 Å². The summed E-state index contributed by atoms with van der Waals surface area (Å²) in [5.41, 5.74) is 7.92. The molecule has 54 heavy (non-hydrogen) atoms. The Labute approximate surface area is 315 Å². The van der Waals surface area contributed by atoms with Crippen LogP contribution in [-0.4, -0.2) is 82.3 Å². The lowest BCUT2D eigenvalue weighted by Crippen LogP contribution is -2.37. The normalized spacial score (nSPS) is 27.4. The third kappa shape index (κ3) is 11.3. The van der Waals surface area contributed by atoms with Crippen molar-refractivity contribution in [2.75, 3.05) is 14.2 Å². The van der Waals surface area contributed by atoms with E-state index in [2.05, 4.69) is 20.9 Å². The number of allylic oxidation sites excluding steroid dienone is 5. The van der Waals surface area contributed by atoms with E-state index < -0.39 is 53.9 Å². The van der Waals surface area contributed by atoms with Gasteiger partial charge in [-0.1, -0.05) is 85.8 Å². The van der Waals surface area contributed by atoms with Gasteiger partial charge in [0.25, 0.3) is 5.91 Å². The van der Waals surface area contributed by atoms with E-state index in [1.807, 2.05) is 49.4 Å². The average molecular weight is 743 g/mol. The van der Waals surface area contributed by atoms with Gasteiger partial charge >= 0.3 is 6.09 Å². The van der Waals surface area contributed by atoms with Crippen LogP contribution in [0.25, 0.3) is 6.08 Å². The van der Waals surface area contributed by atoms with Gasteiger partial charge in [-0.15, -0.1) is 5.10 Å². The quantitative estimate of drug-likeness (QED) is 0.215. The van der Waals surface area contributed by atoms with Crippen LogP contribution in [0.2, 0.25) is 0 Å². The molecule has 14 heteroatoms. The lowest BCUT2D eigenvalue weighted by molar-refractivity contribution is -0.120. The molecule has 0 radical (unpaired) electrons. The van der Waals surface area contributed by atoms with Crippen molar-refractivity contribution >= 4 is 29.6 Å². The predicted octanol–water partition coefficient (Wildman–Crippen LogP) is 3.86. The molecule has 14 nitrogen and oxygen atoms in total. The van der Waals surface area contributed by atoms with Gasteiger partial charge in [-0.2, -0.15) is 0 Å². The largest absolute Gasteiger partial charge is 0.439 e. The predicted molar refractivity (Wildman–Crippen MR) is 202 cm³/mol. The number of methoxy groups -OCH3 is 2. The second-order valence-corrected chi connectivity index (χ2v) is 13.5. The second kappa shape index (κ2) is 19.6. The number of nitrogens with zero attached hydrogens (tertiary/aromatic N) is 3. The lowest BCUT2D eigenvalue weighted by atomic mass is 9.85. The molecule has 5 N–H and O–H groups in total. The Morgan fingerprint density at radius 1 is 1.13 bits per heavy atom. The van der Waals surface area contributed by atoms with Crippen LogP contribution in [0, 0.1) is 11.8 Å². The molecule has 2 aromatic rings. The number of benzene rings is 1. The first-order valence-corrected chi connectivity index (χ1v) is 17.7. The van der Waals surface area contributed by atoms with Crippen molar-refractivity contribution in [1.82, 2.24) is 25.6 Å². The van der Waals surface area contributed by atoms with E-state index in [0.29, 0.717) is 24.2 Å². The van der Waals surface area contributed by atoms with E-state index in [0.717, 1.165) is 11.6 Å². The number of primary amides is 1. The highest BCUT2D eigenvalue weighted by Crippen LogP contribution is 2.29. The first-order chi connectivity index (χ1) is 25.8. The molecule has 0 saturated heterocycles. The van der Waals surface area contributed by atoms with E-state index in [1.165, 1.54) is 20.3 Å². The number of ketones is 2. The zero-order valence-electron chi connectivity index (χ0n) is 31.5. The highest BCUT2D eigenvalue weighted by atomic mass is 16.6. The Morgan fingerprint density at radius 3 is 2.56 bits per heavy atom. The number of nitrogens with one attached hydrogen (secondary N) is 2. The Bertz CT molecular complexity index is 1860. The van der Waals surface area contributed by atoms with Gasteiger partial charge in [0.05, 0.1) is 42.9 Å². The molecule has 288 valence electrons. The second-order valence-electron chi connectivity index (χ2n) is 13.5. The molecule has 2 amide bonds. The maximum atomic E-state index is 14.0. The highest BCUT2D eigenvalue weighted by molar-refractivity contribution is 6.23. The topological polar surface area (TPSA) is 197 Å². The minimum atomic E-state index is -1.01. The number of Topliss-reactive ketones (excluding diaryl/α,β-unsaturated/α-hetero) is 1. The van der Waals surface area contributed by atoms with E-state index in [-0.39, 0.29) is 41.4 Å². The number of fused-ring (bicyclic) bond motifs is 2. The third-order valence-electron chi connectivity index (χ3n) is 9.23. The number of hydrogen-bond donors (Lipinski definition) is 4. The first-order valence-electron chi connectivity index (χ1n) is 17.7. The molecule has 0 fully saturated rings. The van der Waals surface area contributed by atoms with Crippen molar-refractivity contribution in [3.63, 3.8) is 0 Å². The van der Waals surface area contributed by atoms with E-state index in [4.69, 9.17) is 19.9 Å². The van der Waals surface area contributed by atoms with Crippen LogP contribution in [0.5, 0.6) is 0 Å². The Balaban J connectivity index is 1.63. The fraction of sp³-hybridized carbons (Fsp3) is 0.400. The van der Waals surface area contributed by atoms with Gasteiger partial charge in [-0.3, -0.25) is 14.4 Å². The van der Waals surface area contributed by atoms with Crippen LogP contribution in [-0.2, 0) is 41.7 Å². The van der Waals surface area contributed by atoms with Crippen LogP contribution >= 0.6 is 0 Å². The zero-order valence-corrected chi connectivity index (χ0v) is 31.5. The maximum Gasteiger partial charge on any atom is 0.405 e. The molecule has 6 atom stereocenters. The van der Waals surface area contributed by atoms with E-state index in [9.17, 15) is 24.3 Å². The Kier molecular flexibility index (Phi) is 15.0. The number of nitrogens with two attached hydrogens (primary N) is 1. The summed E-state index contributed by atoms with van der Waals surface area (Å²) >= 11 is 0. The molecule has 0 saturated carbocycles. The molecular formula is C40H50N6O8. The number of carbonyl (C=O) groups is 4. The number of aliphatic hydroxyl groups excluding tert-OH is 1. The fourth-order valence-electron chi connectivity index (χ4n) is 6.33. The van der Waals surface area contributed by atoms with Crippen LogP contribution in [0.3, 0.4) is 0 Å². The molecule has 0 spiro atoms. The van der Waals surface area contributed by atoms with Crippen molar-refractivity contribution in [3.8, 4) is 0 Å². The van der Waals surface area contributed by atoms with Gasteiger partial charge in [0, 0.05) is 37.4 Å². The van der Waals surface area contributed by atoms with Gasteiger partial charge in [-0.25, -0.2) is 9.48 Å². The van der Waals surface area contributed by atoms with E-state index >= 15 is 0 Å². The summed E-state index contributed by atoms with van der Waals surface area (Å²) in [5.74, 6) is -2.34. The van der Waals surface area contributed by atoms with Crippen LogP contribution in [0.1, 0.15) is 51.8 Å². The number of aliphatic hydroxyl groups is 1. The smallest absolute Gasteiger partial charge is 0.405 e. The summed E-state index contributed by atoms with van der Waals surface area (Å²) in [6.07, 6.45) is 9.23. The van der Waals surface area contributed by atoms with E-state index in [1.54, 1.807) is 49.9 Å². The van der Waals surface area contributed by atoms with Gasteiger partial charge in [-0.05, 0) is 43.7 Å². The molecule has 2 bridgehead atoms. The summed E-state index contributed by atoms with van der Waals surface area (Å²) < 4.78 is 18.4. The van der Waals surface area contributed by atoms with Crippen LogP contribution in [0.4, 0.5) is 4.79 Å². The van der Waals surface area contributed by atoms with Gasteiger partial charge in [0.1, 0.15) is 11.8 Å². The number of hydrogen-bond acceptors (Lipinski definition) is 11. The Morgan fingerprint density at radius 2 is 1.87 bits per heavy atom. The van der Waals surface area contributed by atoms with Crippen molar-refractivity contribution in [3.05, 3.63) is 112 Å². The first kappa shape index (κ1) is 41.3. The molecule has 1 aliphatic heterocycles. The summed E-state index contributed by atoms with van der Waals surface area (Å²) in [6, 6.07) is 9.86. The lowest BCUT2D eigenvalue weighted by Gasteiger charge is -2.30. The molecule has 0 unspecified atom stereocenters. The maximum absolute atomic E-state index is 14.0. The molecule has 2 heterocycles. The molecule has 1 aromatic carbocycles. The molecule has 1 aliphatic carbocycles. The van der Waals surface area contributed by atoms with Gasteiger partial charge in [0.2, 0.25) is 11.6 Å². The Hall–Kier alpha value is -5.44. The third-order valence-corrected chi connectivity index (χ3v) is 9.23. The molecule has 2 aliphatic rings.